The number of thiol groups is 1. The highest BCUT2D eigenvalue weighted by molar-refractivity contribution is 7.78. The molecule has 4 heteroatoms. The van der Waals surface area contributed by atoms with Gasteiger partial charge in [-0.3, -0.25) is 9.52 Å². The minimum atomic E-state index is -0.0108. The highest BCUT2D eigenvalue weighted by Gasteiger charge is 2.28. The molecule has 0 aliphatic heterocycles. The molecule has 11 heavy (non-hydrogen) atoms. The predicted molar refractivity (Wildman–Crippen MR) is 49.2 cm³/mol. The van der Waals surface area contributed by atoms with Crippen molar-refractivity contribution in [2.45, 2.75) is 19.4 Å². The van der Waals surface area contributed by atoms with E-state index >= 15 is 0 Å². The summed E-state index contributed by atoms with van der Waals surface area (Å²) in [6.07, 6.45) is 0.829. The number of rotatable bonds is 3. The van der Waals surface area contributed by atoms with Gasteiger partial charge in [0.15, 0.2) is 6.04 Å². The second kappa shape index (κ2) is 3.97. The van der Waals surface area contributed by atoms with Gasteiger partial charge < -0.3 is 4.48 Å². The van der Waals surface area contributed by atoms with Gasteiger partial charge in [0.05, 0.1) is 21.1 Å². The molecule has 0 bridgehead atoms. The van der Waals surface area contributed by atoms with Crippen LogP contribution in [0.3, 0.4) is 0 Å². The number of hydrogen-bond donors (Lipinski definition) is 2. The van der Waals surface area contributed by atoms with Gasteiger partial charge in [-0.15, -0.1) is 0 Å². The lowest BCUT2D eigenvalue weighted by Gasteiger charge is -2.31. The molecule has 3 nitrogen and oxygen atoms in total. The minimum absolute atomic E-state index is 0.00694. The van der Waals surface area contributed by atoms with Gasteiger partial charge in [0.2, 0.25) is 0 Å². The van der Waals surface area contributed by atoms with Crippen molar-refractivity contribution in [2.24, 2.45) is 0 Å². The van der Waals surface area contributed by atoms with E-state index in [-0.39, 0.29) is 11.9 Å². The first-order chi connectivity index (χ1) is 4.93. The fraction of sp³-hybridized carbons (Fsp3) is 0.857. The van der Waals surface area contributed by atoms with E-state index < -0.39 is 0 Å². The first-order valence-electron chi connectivity index (χ1n) is 3.68. The molecule has 0 radical (unpaired) electrons. The van der Waals surface area contributed by atoms with Crippen LogP contribution in [0, 0.1) is 0 Å². The average molecular weight is 177 g/mol. The lowest BCUT2D eigenvalue weighted by atomic mass is 10.2. The summed E-state index contributed by atoms with van der Waals surface area (Å²) in [6, 6.07) is -0.00694. The summed E-state index contributed by atoms with van der Waals surface area (Å²) in [5.74, 6) is -0.0108. The Morgan fingerprint density at radius 2 is 2.00 bits per heavy atom. The van der Waals surface area contributed by atoms with Crippen molar-refractivity contribution in [1.82, 2.24) is 4.72 Å². The molecular weight excluding hydrogens is 160 g/mol. The van der Waals surface area contributed by atoms with E-state index in [4.69, 9.17) is 0 Å². The molecule has 0 fully saturated rings. The molecule has 0 aromatic carbocycles. The number of likely N-dealkylation sites (N-methyl/N-ethyl adjacent to an activating group) is 1. The topological polar surface area (TPSA) is 29.1 Å². The van der Waals surface area contributed by atoms with Crippen LogP contribution in [0.5, 0.6) is 0 Å². The van der Waals surface area contributed by atoms with E-state index in [1.165, 1.54) is 0 Å². The number of quaternary nitrogens is 1. The van der Waals surface area contributed by atoms with Crippen molar-refractivity contribution in [3.63, 3.8) is 0 Å². The van der Waals surface area contributed by atoms with Crippen LogP contribution in [0.25, 0.3) is 0 Å². The zero-order valence-electron chi connectivity index (χ0n) is 7.59. The molecule has 66 valence electrons. The zero-order valence-corrected chi connectivity index (χ0v) is 8.48. The van der Waals surface area contributed by atoms with Gasteiger partial charge in [0.25, 0.3) is 5.91 Å². The van der Waals surface area contributed by atoms with Gasteiger partial charge in [0.1, 0.15) is 0 Å². The normalized spacial score (nSPS) is 14.3. The molecule has 0 rings (SSSR count). The summed E-state index contributed by atoms with van der Waals surface area (Å²) in [5.41, 5.74) is 0. The van der Waals surface area contributed by atoms with E-state index in [9.17, 15) is 4.79 Å². The van der Waals surface area contributed by atoms with Crippen LogP contribution < -0.4 is 4.72 Å². The van der Waals surface area contributed by atoms with Crippen LogP contribution >= 0.6 is 12.8 Å². The fourth-order valence-electron chi connectivity index (χ4n) is 1.16. The molecule has 0 heterocycles. The van der Waals surface area contributed by atoms with Crippen LogP contribution in [0.15, 0.2) is 0 Å². The van der Waals surface area contributed by atoms with Crippen molar-refractivity contribution in [2.75, 3.05) is 21.1 Å². The Balaban J connectivity index is 4.29. The lowest BCUT2D eigenvalue weighted by Crippen LogP contribution is -2.52. The SMILES string of the molecule is CCC(C(=O)NS)[N+](C)(C)C. The van der Waals surface area contributed by atoms with E-state index in [1.54, 1.807) is 0 Å². The molecule has 0 saturated carbocycles. The monoisotopic (exact) mass is 177 g/mol. The van der Waals surface area contributed by atoms with Crippen molar-refractivity contribution >= 4 is 18.7 Å². The number of hydrogen-bond acceptors (Lipinski definition) is 2. The van der Waals surface area contributed by atoms with Gasteiger partial charge >= 0.3 is 0 Å². The van der Waals surface area contributed by atoms with E-state index in [1.807, 2.05) is 28.1 Å². The maximum absolute atomic E-state index is 11.2. The Bertz CT molecular complexity index is 142. The third kappa shape index (κ3) is 3.12. The average Bonchev–Trinajstić information content (AvgIpc) is 1.86. The maximum Gasteiger partial charge on any atom is 0.287 e. The molecule has 0 aromatic rings. The van der Waals surface area contributed by atoms with Crippen LogP contribution in [-0.2, 0) is 4.79 Å². The van der Waals surface area contributed by atoms with Crippen molar-refractivity contribution < 1.29 is 9.28 Å². The second-order valence-electron chi connectivity index (χ2n) is 3.52. The Labute approximate surface area is 73.9 Å². The van der Waals surface area contributed by atoms with Gasteiger partial charge in [0, 0.05) is 6.42 Å². The third-order valence-corrected chi connectivity index (χ3v) is 1.95. The van der Waals surface area contributed by atoms with E-state index in [0.717, 1.165) is 6.42 Å². The molecule has 1 amide bonds. The van der Waals surface area contributed by atoms with Crippen molar-refractivity contribution in [3.8, 4) is 0 Å². The molecule has 0 spiro atoms. The first kappa shape index (κ1) is 10.8. The van der Waals surface area contributed by atoms with Crippen LogP contribution in [-0.4, -0.2) is 37.6 Å². The van der Waals surface area contributed by atoms with Gasteiger partial charge in [-0.1, -0.05) is 19.7 Å². The quantitative estimate of drug-likeness (QED) is 0.475. The third-order valence-electron chi connectivity index (χ3n) is 1.73. The number of amides is 1. The van der Waals surface area contributed by atoms with Crippen LogP contribution in [0.4, 0.5) is 0 Å². The second-order valence-corrected chi connectivity index (χ2v) is 3.74. The molecule has 0 saturated heterocycles. The highest BCUT2D eigenvalue weighted by Crippen LogP contribution is 2.06. The van der Waals surface area contributed by atoms with Crippen molar-refractivity contribution in [1.29, 1.82) is 0 Å². The minimum Gasteiger partial charge on any atom is -0.321 e. The summed E-state index contributed by atoms with van der Waals surface area (Å²) < 4.78 is 3.00. The highest BCUT2D eigenvalue weighted by atomic mass is 32.1. The molecular formula is C7H17N2OS+. The van der Waals surface area contributed by atoms with Crippen LogP contribution in [0.2, 0.25) is 0 Å². The van der Waals surface area contributed by atoms with Gasteiger partial charge in [-0.05, 0) is 0 Å². The van der Waals surface area contributed by atoms with Gasteiger partial charge in [-0.2, -0.15) is 0 Å². The summed E-state index contributed by atoms with van der Waals surface area (Å²) >= 11 is 3.73. The number of carbonyl (C=O) groups is 1. The van der Waals surface area contributed by atoms with Gasteiger partial charge in [-0.25, -0.2) is 0 Å². The molecule has 1 N–H and O–H groups in total. The lowest BCUT2D eigenvalue weighted by molar-refractivity contribution is -0.886. The Hall–Kier alpha value is -0.220. The largest absolute Gasteiger partial charge is 0.321 e. The Kier molecular flexibility index (Phi) is 3.89. The standard InChI is InChI=1S/C7H16N2OS/c1-5-6(7(10)8-11)9(2,3)4/h6H,5H2,1-4H3,(H-,8,10,11)/p+1. The molecule has 0 aromatic heterocycles. The summed E-state index contributed by atoms with van der Waals surface area (Å²) in [5, 5.41) is 0. The Morgan fingerprint density at radius 1 is 1.55 bits per heavy atom. The first-order valence-corrected chi connectivity index (χ1v) is 4.13. The number of nitrogens with one attached hydrogen (secondary N) is 1. The molecule has 0 aliphatic rings. The zero-order chi connectivity index (χ0) is 9.07. The van der Waals surface area contributed by atoms with E-state index in [0.29, 0.717) is 4.48 Å². The summed E-state index contributed by atoms with van der Waals surface area (Å²) in [4.78, 5) is 11.2. The van der Waals surface area contributed by atoms with E-state index in [2.05, 4.69) is 17.5 Å². The van der Waals surface area contributed by atoms with Crippen molar-refractivity contribution in [3.05, 3.63) is 0 Å². The maximum atomic E-state index is 11.2. The molecule has 1 atom stereocenters. The Morgan fingerprint density at radius 3 is 2.09 bits per heavy atom. The smallest absolute Gasteiger partial charge is 0.287 e. The van der Waals surface area contributed by atoms with Crippen LogP contribution in [0.1, 0.15) is 13.3 Å². The summed E-state index contributed by atoms with van der Waals surface area (Å²) in [6.45, 7) is 2.00. The molecule has 1 unspecified atom stereocenters. The summed E-state index contributed by atoms with van der Waals surface area (Å²) in [7, 11) is 5.99. The molecule has 0 aliphatic carbocycles. The number of carbonyl (C=O) groups excluding carboxylic acids is 1. The number of nitrogens with zero attached hydrogens (tertiary/aromatic N) is 1. The predicted octanol–water partition coefficient (Wildman–Crippen LogP) is 0.432. The fourth-order valence-corrected chi connectivity index (χ4v) is 1.31.